The first-order chi connectivity index (χ1) is 16.4. The monoisotopic (exact) mass is 472 g/mol. The first-order valence-electron chi connectivity index (χ1n) is 10.9. The van der Waals surface area contributed by atoms with Crippen LogP contribution in [0.3, 0.4) is 0 Å². The molecule has 4 aromatic rings. The summed E-state index contributed by atoms with van der Waals surface area (Å²) >= 11 is 1.30. The van der Waals surface area contributed by atoms with Crippen molar-refractivity contribution < 1.29 is 9.50 Å². The van der Waals surface area contributed by atoms with Crippen molar-refractivity contribution in [3.05, 3.63) is 66.0 Å². The Morgan fingerprint density at radius 1 is 1.03 bits per heavy atom. The third kappa shape index (κ3) is 4.16. The minimum Gasteiger partial charge on any atom is -0.390 e. The fraction of sp³-hybridized carbons (Fsp3) is 0.280. The van der Waals surface area contributed by atoms with Crippen LogP contribution >= 0.6 is 11.8 Å². The van der Waals surface area contributed by atoms with E-state index in [0.29, 0.717) is 16.0 Å². The van der Waals surface area contributed by atoms with Gasteiger partial charge in [-0.15, -0.1) is 0 Å². The highest BCUT2D eigenvalue weighted by molar-refractivity contribution is 7.99. The second-order valence-electron chi connectivity index (χ2n) is 8.85. The molecule has 0 unspecified atom stereocenters. The summed E-state index contributed by atoms with van der Waals surface area (Å²) in [6.45, 7) is 1.88. The van der Waals surface area contributed by atoms with E-state index in [4.69, 9.17) is 0 Å². The van der Waals surface area contributed by atoms with Gasteiger partial charge in [0, 0.05) is 33.3 Å². The van der Waals surface area contributed by atoms with Gasteiger partial charge in [-0.1, -0.05) is 11.8 Å². The summed E-state index contributed by atoms with van der Waals surface area (Å²) in [4.78, 5) is 1.33. The van der Waals surface area contributed by atoms with E-state index in [0.717, 1.165) is 41.7 Å². The third-order valence-electron chi connectivity index (χ3n) is 6.32. The summed E-state index contributed by atoms with van der Waals surface area (Å²) in [6.07, 6.45) is 10.4. The lowest BCUT2D eigenvalue weighted by Gasteiger charge is -2.33. The molecule has 0 bridgehead atoms. The average molecular weight is 473 g/mol. The lowest BCUT2D eigenvalue weighted by Crippen LogP contribution is -2.31. The van der Waals surface area contributed by atoms with Crippen LogP contribution in [0, 0.1) is 28.5 Å². The molecule has 9 heteroatoms. The number of nitrogens with zero attached hydrogens (tertiary/aromatic N) is 6. The Kier molecular flexibility index (Phi) is 5.60. The second-order valence-corrected chi connectivity index (χ2v) is 9.93. The van der Waals surface area contributed by atoms with Gasteiger partial charge in [0.05, 0.1) is 40.7 Å². The molecule has 1 saturated carbocycles. The van der Waals surface area contributed by atoms with Crippen molar-refractivity contribution in [3.8, 4) is 23.3 Å². The third-order valence-corrected chi connectivity index (χ3v) is 7.43. The van der Waals surface area contributed by atoms with Crippen molar-refractivity contribution in [3.63, 3.8) is 0 Å². The Hall–Kier alpha value is -3.66. The van der Waals surface area contributed by atoms with E-state index in [2.05, 4.69) is 16.3 Å². The maximum Gasteiger partial charge on any atom is 0.124 e. The van der Waals surface area contributed by atoms with Crippen molar-refractivity contribution in [1.29, 1.82) is 10.5 Å². The van der Waals surface area contributed by atoms with Crippen LogP contribution in [0.15, 0.2) is 58.8 Å². The number of rotatable bonds is 4. The van der Waals surface area contributed by atoms with Crippen LogP contribution in [0.25, 0.3) is 16.6 Å². The summed E-state index contributed by atoms with van der Waals surface area (Å²) in [5, 5.41) is 38.2. The molecule has 0 saturated heterocycles. The second kappa shape index (κ2) is 8.60. The van der Waals surface area contributed by atoms with Crippen LogP contribution in [-0.2, 0) is 0 Å². The molecule has 7 nitrogen and oxygen atoms in total. The SMILES string of the molecule is C[C@]1(O)CC[C@@H](n2cc(-c3cc(Sc4ccc(F)cc4C#N)c4c(C#N)cnn4c3)cn2)CC1. The first kappa shape index (κ1) is 22.1. The van der Waals surface area contributed by atoms with Crippen molar-refractivity contribution in [1.82, 2.24) is 19.4 Å². The van der Waals surface area contributed by atoms with Crippen LogP contribution in [-0.4, -0.2) is 30.1 Å². The van der Waals surface area contributed by atoms with Crippen LogP contribution in [0.5, 0.6) is 0 Å². The molecule has 3 aromatic heterocycles. The molecule has 0 amide bonds. The van der Waals surface area contributed by atoms with E-state index < -0.39 is 11.4 Å². The fourth-order valence-electron chi connectivity index (χ4n) is 4.37. The molecule has 1 aromatic carbocycles. The first-order valence-corrected chi connectivity index (χ1v) is 11.7. The van der Waals surface area contributed by atoms with E-state index in [1.165, 1.54) is 30.1 Å². The van der Waals surface area contributed by atoms with Crippen molar-refractivity contribution in [2.75, 3.05) is 0 Å². The normalized spacial score (nSPS) is 20.2. The maximum absolute atomic E-state index is 13.6. The van der Waals surface area contributed by atoms with Gasteiger partial charge < -0.3 is 5.11 Å². The summed E-state index contributed by atoms with van der Waals surface area (Å²) in [7, 11) is 0. The summed E-state index contributed by atoms with van der Waals surface area (Å²) < 4.78 is 17.2. The topological polar surface area (TPSA) is 103 Å². The predicted octanol–water partition coefficient (Wildman–Crippen LogP) is 5.10. The Morgan fingerprint density at radius 3 is 2.53 bits per heavy atom. The van der Waals surface area contributed by atoms with Gasteiger partial charge in [0.25, 0.3) is 0 Å². The van der Waals surface area contributed by atoms with Gasteiger partial charge in [0.2, 0.25) is 0 Å². The van der Waals surface area contributed by atoms with E-state index in [-0.39, 0.29) is 11.6 Å². The lowest BCUT2D eigenvalue weighted by atomic mass is 9.84. The molecule has 34 heavy (non-hydrogen) atoms. The summed E-state index contributed by atoms with van der Waals surface area (Å²) in [6, 6.07) is 10.5. The Labute approximate surface area is 200 Å². The molecule has 1 aliphatic carbocycles. The quantitative estimate of drug-likeness (QED) is 0.443. The van der Waals surface area contributed by atoms with E-state index >= 15 is 0 Å². The van der Waals surface area contributed by atoms with Crippen LogP contribution in [0.4, 0.5) is 4.39 Å². The minimum absolute atomic E-state index is 0.229. The molecule has 0 spiro atoms. The Morgan fingerprint density at radius 2 is 1.79 bits per heavy atom. The van der Waals surface area contributed by atoms with E-state index in [9.17, 15) is 20.0 Å². The molecule has 170 valence electrons. The van der Waals surface area contributed by atoms with Gasteiger partial charge in [-0.05, 0) is 56.9 Å². The zero-order valence-electron chi connectivity index (χ0n) is 18.4. The molecule has 1 aliphatic rings. The van der Waals surface area contributed by atoms with Gasteiger partial charge in [0.15, 0.2) is 0 Å². The van der Waals surface area contributed by atoms with Gasteiger partial charge in [-0.25, -0.2) is 8.91 Å². The number of nitriles is 2. The summed E-state index contributed by atoms with van der Waals surface area (Å²) in [5.41, 5.74) is 2.43. The van der Waals surface area contributed by atoms with Crippen molar-refractivity contribution in [2.24, 2.45) is 0 Å². The molecule has 5 rings (SSSR count). The minimum atomic E-state index is -0.606. The van der Waals surface area contributed by atoms with Crippen molar-refractivity contribution >= 4 is 17.3 Å². The number of hydrogen-bond donors (Lipinski definition) is 1. The highest BCUT2D eigenvalue weighted by atomic mass is 32.2. The largest absolute Gasteiger partial charge is 0.390 e. The van der Waals surface area contributed by atoms with Gasteiger partial charge in [-0.3, -0.25) is 4.68 Å². The standard InChI is InChI=1S/C25H21FN6OS/c1-25(33)6-4-21(5-7-25)31-15-19(13-29-31)17-9-23(24-18(11-28)12-30-32(24)14-17)34-22-3-2-20(26)8-16(22)10-27/h2-3,8-9,12-15,21,33H,4-7H2,1H3/t21-,25+. The molecule has 0 aliphatic heterocycles. The number of pyridine rings is 1. The number of fused-ring (bicyclic) bond motifs is 1. The zero-order valence-corrected chi connectivity index (χ0v) is 19.3. The maximum atomic E-state index is 13.6. The highest BCUT2D eigenvalue weighted by Gasteiger charge is 2.30. The number of aliphatic hydroxyl groups is 1. The summed E-state index contributed by atoms with van der Waals surface area (Å²) in [5.74, 6) is -0.474. The molecule has 0 atom stereocenters. The predicted molar refractivity (Wildman–Crippen MR) is 124 cm³/mol. The van der Waals surface area contributed by atoms with Gasteiger partial charge in [0.1, 0.15) is 18.0 Å². The lowest BCUT2D eigenvalue weighted by molar-refractivity contribution is 0.00852. The smallest absolute Gasteiger partial charge is 0.124 e. The number of hydrogen-bond acceptors (Lipinski definition) is 6. The molecule has 3 heterocycles. The molecule has 0 radical (unpaired) electrons. The molecule has 1 N–H and O–H groups in total. The molecular formula is C25H21FN6OS. The van der Waals surface area contributed by atoms with Crippen LogP contribution in [0.2, 0.25) is 0 Å². The number of aromatic nitrogens is 4. The van der Waals surface area contributed by atoms with Crippen LogP contribution in [0.1, 0.15) is 49.8 Å². The fourth-order valence-corrected chi connectivity index (χ4v) is 5.45. The Bertz CT molecular complexity index is 1470. The molecular weight excluding hydrogens is 451 g/mol. The number of benzene rings is 1. The van der Waals surface area contributed by atoms with Crippen LogP contribution < -0.4 is 0 Å². The van der Waals surface area contributed by atoms with Gasteiger partial charge in [-0.2, -0.15) is 20.7 Å². The number of halogens is 1. The van der Waals surface area contributed by atoms with Crippen molar-refractivity contribution in [2.45, 2.75) is 54.0 Å². The average Bonchev–Trinajstić information content (AvgIpc) is 3.47. The van der Waals surface area contributed by atoms with Gasteiger partial charge >= 0.3 is 0 Å². The van der Waals surface area contributed by atoms with E-state index in [1.807, 2.05) is 36.1 Å². The zero-order chi connectivity index (χ0) is 23.9. The highest BCUT2D eigenvalue weighted by Crippen LogP contribution is 2.38. The van der Waals surface area contributed by atoms with E-state index in [1.54, 1.807) is 16.8 Å². The molecule has 1 fully saturated rings. The Balaban J connectivity index is 1.54.